The highest BCUT2D eigenvalue weighted by Gasteiger charge is 2.05. The molecule has 0 aliphatic carbocycles. The molecule has 0 saturated carbocycles. The third-order valence-electron chi connectivity index (χ3n) is 4.75. The molecule has 2 atom stereocenters. The normalized spacial score (nSPS) is 13.4. The summed E-state index contributed by atoms with van der Waals surface area (Å²) in [6.45, 7) is 5.58. The van der Waals surface area contributed by atoms with E-state index in [1.54, 1.807) is 0 Å². The molecule has 1 rings (SSSR count). The molecule has 0 radical (unpaired) electrons. The van der Waals surface area contributed by atoms with Gasteiger partial charge in [0.2, 0.25) is 0 Å². The van der Waals surface area contributed by atoms with Crippen LogP contribution in [0.5, 0.6) is 0 Å². The lowest BCUT2D eigenvalue weighted by atomic mass is 10.1. The van der Waals surface area contributed by atoms with Gasteiger partial charge < -0.3 is 20.8 Å². The first-order valence-electron chi connectivity index (χ1n) is 10.6. The molecule has 0 saturated heterocycles. The molecule has 26 heavy (non-hydrogen) atoms. The summed E-state index contributed by atoms with van der Waals surface area (Å²) >= 11 is 0. The second-order valence-corrected chi connectivity index (χ2v) is 7.35. The third-order valence-corrected chi connectivity index (χ3v) is 4.75. The van der Waals surface area contributed by atoms with Crippen LogP contribution in [0.2, 0.25) is 0 Å². The highest BCUT2D eigenvalue weighted by molar-refractivity contribution is 5.53. The number of unbranched alkanes of at least 4 members (excludes halogenated alkanes) is 6. The molecule has 0 aliphatic heterocycles. The van der Waals surface area contributed by atoms with Gasteiger partial charge in [0.25, 0.3) is 0 Å². The molecule has 0 bridgehead atoms. The van der Waals surface area contributed by atoms with Gasteiger partial charge in [-0.15, -0.1) is 0 Å². The summed E-state index contributed by atoms with van der Waals surface area (Å²) in [6, 6.07) is 8.05. The van der Waals surface area contributed by atoms with E-state index in [1.807, 2.05) is 24.3 Å². The summed E-state index contributed by atoms with van der Waals surface area (Å²) < 4.78 is 0. The topological polar surface area (TPSA) is 64.5 Å². The zero-order valence-electron chi connectivity index (χ0n) is 16.8. The highest BCUT2D eigenvalue weighted by atomic mass is 16.3. The quantitative estimate of drug-likeness (QED) is 0.305. The van der Waals surface area contributed by atoms with Crippen LogP contribution in [0.4, 0.5) is 11.4 Å². The van der Waals surface area contributed by atoms with Crippen LogP contribution in [0.25, 0.3) is 0 Å². The minimum Gasteiger partial charge on any atom is -0.391 e. The largest absolute Gasteiger partial charge is 0.391 e. The van der Waals surface area contributed by atoms with Gasteiger partial charge in [-0.2, -0.15) is 0 Å². The van der Waals surface area contributed by atoms with Gasteiger partial charge in [-0.1, -0.05) is 65.2 Å². The van der Waals surface area contributed by atoms with E-state index >= 15 is 0 Å². The average Bonchev–Trinajstić information content (AvgIpc) is 2.66. The Morgan fingerprint density at radius 1 is 0.654 bits per heavy atom. The van der Waals surface area contributed by atoms with Crippen LogP contribution in [0.3, 0.4) is 0 Å². The van der Waals surface area contributed by atoms with E-state index in [1.165, 1.54) is 38.5 Å². The minimum atomic E-state index is -0.285. The predicted octanol–water partition coefficient (Wildman–Crippen LogP) is 5.17. The first-order valence-corrected chi connectivity index (χ1v) is 10.6. The van der Waals surface area contributed by atoms with E-state index in [0.29, 0.717) is 13.1 Å². The Morgan fingerprint density at radius 2 is 1.04 bits per heavy atom. The Kier molecular flexibility index (Phi) is 13.0. The second kappa shape index (κ2) is 14.9. The van der Waals surface area contributed by atoms with E-state index < -0.39 is 0 Å². The van der Waals surface area contributed by atoms with Crippen LogP contribution >= 0.6 is 0 Å². The van der Waals surface area contributed by atoms with Crippen molar-refractivity contribution in [3.05, 3.63) is 24.3 Å². The third kappa shape index (κ3) is 11.4. The Balaban J connectivity index is 2.18. The number of anilines is 2. The van der Waals surface area contributed by atoms with Gasteiger partial charge >= 0.3 is 0 Å². The van der Waals surface area contributed by atoms with Crippen molar-refractivity contribution < 1.29 is 10.2 Å². The van der Waals surface area contributed by atoms with Crippen LogP contribution < -0.4 is 10.6 Å². The SMILES string of the molecule is CCCCCCC(O)CNc1ccc(NCC(O)CCCCCC)cc1. The van der Waals surface area contributed by atoms with E-state index in [0.717, 1.165) is 37.1 Å². The Morgan fingerprint density at radius 3 is 1.38 bits per heavy atom. The maximum atomic E-state index is 10.0. The Hall–Kier alpha value is -1.26. The first kappa shape index (κ1) is 22.8. The van der Waals surface area contributed by atoms with Crippen molar-refractivity contribution in [2.45, 2.75) is 90.3 Å². The van der Waals surface area contributed by atoms with Crippen molar-refractivity contribution in [1.29, 1.82) is 0 Å². The Bertz CT molecular complexity index is 395. The number of benzene rings is 1. The van der Waals surface area contributed by atoms with E-state index in [9.17, 15) is 10.2 Å². The maximum absolute atomic E-state index is 10.0. The summed E-state index contributed by atoms with van der Waals surface area (Å²) in [5.74, 6) is 0. The van der Waals surface area contributed by atoms with Crippen molar-refractivity contribution in [3.63, 3.8) is 0 Å². The van der Waals surface area contributed by atoms with Crippen LogP contribution in [0.15, 0.2) is 24.3 Å². The molecule has 0 heterocycles. The first-order chi connectivity index (χ1) is 12.7. The van der Waals surface area contributed by atoms with Gasteiger partial charge in [-0.3, -0.25) is 0 Å². The molecule has 1 aromatic carbocycles. The molecule has 1 aromatic rings. The molecular formula is C22H40N2O2. The molecule has 4 N–H and O–H groups in total. The molecule has 4 heteroatoms. The van der Waals surface area contributed by atoms with Gasteiger partial charge in [0.1, 0.15) is 0 Å². The molecule has 0 spiro atoms. The molecular weight excluding hydrogens is 324 g/mol. The van der Waals surface area contributed by atoms with Crippen LogP contribution in [0.1, 0.15) is 78.1 Å². The molecule has 0 aliphatic rings. The number of rotatable bonds is 16. The van der Waals surface area contributed by atoms with E-state index in [2.05, 4.69) is 24.5 Å². The van der Waals surface area contributed by atoms with Crippen LogP contribution in [-0.2, 0) is 0 Å². The van der Waals surface area contributed by atoms with Crippen molar-refractivity contribution in [1.82, 2.24) is 0 Å². The van der Waals surface area contributed by atoms with Crippen molar-refractivity contribution in [2.24, 2.45) is 0 Å². The number of aliphatic hydroxyl groups excluding tert-OH is 2. The zero-order valence-corrected chi connectivity index (χ0v) is 16.8. The fraction of sp³-hybridized carbons (Fsp3) is 0.727. The molecule has 0 amide bonds. The summed E-state index contributed by atoms with van der Waals surface area (Å²) in [5, 5.41) is 26.6. The van der Waals surface area contributed by atoms with E-state index in [-0.39, 0.29) is 12.2 Å². The lowest BCUT2D eigenvalue weighted by molar-refractivity contribution is 0.173. The molecule has 0 aromatic heterocycles. The fourth-order valence-electron chi connectivity index (χ4n) is 2.99. The smallest absolute Gasteiger partial charge is 0.0712 e. The number of hydrogen-bond donors (Lipinski definition) is 4. The fourth-order valence-corrected chi connectivity index (χ4v) is 2.99. The van der Waals surface area contributed by atoms with Gasteiger partial charge in [-0.25, -0.2) is 0 Å². The Labute approximate surface area is 160 Å². The van der Waals surface area contributed by atoms with Crippen molar-refractivity contribution >= 4 is 11.4 Å². The number of hydrogen-bond acceptors (Lipinski definition) is 4. The monoisotopic (exact) mass is 364 g/mol. The average molecular weight is 365 g/mol. The zero-order chi connectivity index (χ0) is 19.0. The second-order valence-electron chi connectivity index (χ2n) is 7.35. The molecule has 0 fully saturated rings. The highest BCUT2D eigenvalue weighted by Crippen LogP contribution is 2.15. The van der Waals surface area contributed by atoms with E-state index in [4.69, 9.17) is 0 Å². The lowest BCUT2D eigenvalue weighted by Gasteiger charge is -2.15. The molecule has 4 nitrogen and oxygen atoms in total. The van der Waals surface area contributed by atoms with Gasteiger partial charge in [0.05, 0.1) is 12.2 Å². The standard InChI is InChI=1S/C22H40N2O2/c1-3-5-7-9-11-21(25)17-23-19-13-15-20(16-14-19)24-18-22(26)12-10-8-6-4-2/h13-16,21-26H,3-12,17-18H2,1-2H3. The molecule has 2 unspecified atom stereocenters. The summed E-state index contributed by atoms with van der Waals surface area (Å²) in [7, 11) is 0. The summed E-state index contributed by atoms with van der Waals surface area (Å²) in [5.41, 5.74) is 2.03. The van der Waals surface area contributed by atoms with Crippen molar-refractivity contribution in [2.75, 3.05) is 23.7 Å². The van der Waals surface area contributed by atoms with Gasteiger partial charge in [-0.05, 0) is 37.1 Å². The summed E-state index contributed by atoms with van der Waals surface area (Å²) in [4.78, 5) is 0. The predicted molar refractivity (Wildman–Crippen MR) is 113 cm³/mol. The summed E-state index contributed by atoms with van der Waals surface area (Å²) in [6.07, 6.45) is 10.7. The minimum absolute atomic E-state index is 0.285. The van der Waals surface area contributed by atoms with Crippen LogP contribution in [0, 0.1) is 0 Å². The van der Waals surface area contributed by atoms with Gasteiger partial charge in [0.15, 0.2) is 0 Å². The maximum Gasteiger partial charge on any atom is 0.0712 e. The van der Waals surface area contributed by atoms with Gasteiger partial charge in [0, 0.05) is 24.5 Å². The lowest BCUT2D eigenvalue weighted by Crippen LogP contribution is -2.20. The molecule has 150 valence electrons. The number of aliphatic hydroxyl groups is 2. The van der Waals surface area contributed by atoms with Crippen molar-refractivity contribution in [3.8, 4) is 0 Å². The number of nitrogens with one attached hydrogen (secondary N) is 2. The van der Waals surface area contributed by atoms with Crippen LogP contribution in [-0.4, -0.2) is 35.5 Å².